The second-order valence-corrected chi connectivity index (χ2v) is 3.32. The van der Waals surface area contributed by atoms with Crippen molar-refractivity contribution in [3.63, 3.8) is 0 Å². The van der Waals surface area contributed by atoms with Gasteiger partial charge in [0.25, 0.3) is 0 Å². The number of hydrogen-bond acceptors (Lipinski definition) is 5. The summed E-state index contributed by atoms with van der Waals surface area (Å²) in [7, 11) is 0. The Bertz CT molecular complexity index is 299. The van der Waals surface area contributed by atoms with Crippen molar-refractivity contribution in [2.75, 3.05) is 0 Å². The summed E-state index contributed by atoms with van der Waals surface area (Å²) in [4.78, 5) is 24.9. The molecule has 1 aromatic rings. The van der Waals surface area contributed by atoms with Gasteiger partial charge in [0, 0.05) is 11.6 Å². The number of thiazole rings is 1. The van der Waals surface area contributed by atoms with E-state index in [2.05, 4.69) is 4.98 Å². The van der Waals surface area contributed by atoms with Gasteiger partial charge in [-0.25, -0.2) is 4.98 Å². The predicted octanol–water partition coefficient (Wildman–Crippen LogP) is -0.162. The van der Waals surface area contributed by atoms with Crippen LogP contribution in [0.5, 0.6) is 0 Å². The smallest absolute Gasteiger partial charge is 0.321 e. The van der Waals surface area contributed by atoms with Gasteiger partial charge in [0.15, 0.2) is 0 Å². The highest BCUT2D eigenvalue weighted by molar-refractivity contribution is 7.09. The highest BCUT2D eigenvalue weighted by Crippen LogP contribution is 2.18. The van der Waals surface area contributed by atoms with Gasteiger partial charge in [-0.1, -0.05) is 0 Å². The number of carbonyl (C=O) groups is 2. The lowest BCUT2D eigenvalue weighted by Gasteiger charge is -2.10. The van der Waals surface area contributed by atoms with Gasteiger partial charge in [0.2, 0.25) is 0 Å². The van der Waals surface area contributed by atoms with Crippen LogP contribution in [0.15, 0.2) is 11.6 Å². The predicted molar refractivity (Wildman–Crippen MR) is 46.5 cm³/mol. The molecule has 5 nitrogen and oxygen atoms in total. The van der Waals surface area contributed by atoms with Gasteiger partial charge in [0.05, 0.1) is 5.92 Å². The number of nitrogens with zero attached hydrogens (tertiary/aromatic N) is 1. The zero-order chi connectivity index (χ0) is 9.84. The molecule has 3 N–H and O–H groups in total. The molecule has 2 unspecified atom stereocenters. The van der Waals surface area contributed by atoms with E-state index in [1.165, 1.54) is 17.5 Å². The second kappa shape index (κ2) is 4.11. The average Bonchev–Trinajstić information content (AvgIpc) is 2.58. The number of aliphatic carboxylic acids is 1. The van der Waals surface area contributed by atoms with E-state index >= 15 is 0 Å². The lowest BCUT2D eigenvalue weighted by atomic mass is 10.0. The summed E-state index contributed by atoms with van der Waals surface area (Å²) in [6.07, 6.45) is 2.02. The highest BCUT2D eigenvalue weighted by atomic mass is 32.1. The molecule has 0 amide bonds. The molecule has 0 saturated heterocycles. The van der Waals surface area contributed by atoms with Crippen LogP contribution in [-0.4, -0.2) is 28.4 Å². The minimum absolute atomic E-state index is 0.435. The van der Waals surface area contributed by atoms with E-state index in [1.54, 1.807) is 5.38 Å². The molecule has 0 aliphatic carbocycles. The molecular formula is C7H8N2O3S. The van der Waals surface area contributed by atoms with Crippen LogP contribution in [0.2, 0.25) is 0 Å². The number of carbonyl (C=O) groups excluding carboxylic acids is 1. The van der Waals surface area contributed by atoms with Gasteiger partial charge in [0.1, 0.15) is 17.3 Å². The average molecular weight is 200 g/mol. The number of hydrogen-bond donors (Lipinski definition) is 2. The summed E-state index contributed by atoms with van der Waals surface area (Å²) >= 11 is 1.22. The summed E-state index contributed by atoms with van der Waals surface area (Å²) in [5.41, 5.74) is 5.30. The Kier molecular flexibility index (Phi) is 3.10. The van der Waals surface area contributed by atoms with Gasteiger partial charge in [-0.2, -0.15) is 0 Å². The van der Waals surface area contributed by atoms with Crippen LogP contribution < -0.4 is 5.73 Å². The van der Waals surface area contributed by atoms with Crippen LogP contribution in [0.1, 0.15) is 10.9 Å². The van der Waals surface area contributed by atoms with Crippen LogP contribution in [0, 0.1) is 0 Å². The van der Waals surface area contributed by atoms with Crippen LogP contribution in [-0.2, 0) is 9.59 Å². The molecular weight excluding hydrogens is 192 g/mol. The van der Waals surface area contributed by atoms with Crippen molar-refractivity contribution in [3.05, 3.63) is 16.6 Å². The standard InChI is InChI=1S/C7H8N2O3S/c8-5(7(11)12)4(3-10)6-9-1-2-13-6/h1-5H,8H2,(H,11,12). The third-order valence-electron chi connectivity index (χ3n) is 1.56. The molecule has 0 spiro atoms. The molecule has 13 heavy (non-hydrogen) atoms. The zero-order valence-electron chi connectivity index (χ0n) is 6.58. The third-order valence-corrected chi connectivity index (χ3v) is 2.43. The topological polar surface area (TPSA) is 93.3 Å². The van der Waals surface area contributed by atoms with Crippen LogP contribution in [0.25, 0.3) is 0 Å². The molecule has 0 aliphatic rings. The van der Waals surface area contributed by atoms with Crippen molar-refractivity contribution in [1.82, 2.24) is 4.98 Å². The van der Waals surface area contributed by atoms with Crippen molar-refractivity contribution in [2.24, 2.45) is 5.73 Å². The third kappa shape index (κ3) is 2.10. The second-order valence-electron chi connectivity index (χ2n) is 2.40. The van der Waals surface area contributed by atoms with E-state index in [1.807, 2.05) is 0 Å². The molecule has 0 radical (unpaired) electrons. The maximum absolute atomic E-state index is 10.6. The van der Waals surface area contributed by atoms with E-state index in [-0.39, 0.29) is 0 Å². The van der Waals surface area contributed by atoms with Gasteiger partial charge >= 0.3 is 5.97 Å². The molecule has 70 valence electrons. The number of carboxylic acid groups (broad SMARTS) is 1. The molecule has 0 aromatic carbocycles. The molecule has 0 fully saturated rings. The van der Waals surface area contributed by atoms with E-state index in [0.717, 1.165) is 0 Å². The van der Waals surface area contributed by atoms with Gasteiger partial charge in [-0.05, 0) is 0 Å². The van der Waals surface area contributed by atoms with Gasteiger partial charge in [-0.15, -0.1) is 11.3 Å². The zero-order valence-corrected chi connectivity index (χ0v) is 7.40. The monoisotopic (exact) mass is 200 g/mol. The summed E-state index contributed by atoms with van der Waals surface area (Å²) in [6, 6.07) is -1.22. The Balaban J connectivity index is 2.86. The van der Waals surface area contributed by atoms with Crippen molar-refractivity contribution < 1.29 is 14.7 Å². The Morgan fingerprint density at radius 2 is 2.46 bits per heavy atom. The van der Waals surface area contributed by atoms with Crippen molar-refractivity contribution in [1.29, 1.82) is 0 Å². The first-order valence-electron chi connectivity index (χ1n) is 3.50. The molecule has 0 saturated carbocycles. The highest BCUT2D eigenvalue weighted by Gasteiger charge is 2.27. The fraction of sp³-hybridized carbons (Fsp3) is 0.286. The fourth-order valence-electron chi connectivity index (χ4n) is 0.849. The fourth-order valence-corrected chi connectivity index (χ4v) is 1.59. The van der Waals surface area contributed by atoms with Gasteiger partial charge in [-0.3, -0.25) is 4.79 Å². The maximum Gasteiger partial charge on any atom is 0.321 e. The van der Waals surface area contributed by atoms with Crippen molar-refractivity contribution >= 4 is 23.6 Å². The SMILES string of the molecule is NC(C(=O)O)C(C=O)c1nccs1. The first-order valence-corrected chi connectivity index (χ1v) is 4.38. The largest absolute Gasteiger partial charge is 0.480 e. The number of aromatic nitrogens is 1. The number of aldehydes is 1. The lowest BCUT2D eigenvalue weighted by Crippen LogP contribution is -2.37. The molecule has 0 bridgehead atoms. The molecule has 6 heteroatoms. The summed E-state index contributed by atoms with van der Waals surface area (Å²) < 4.78 is 0. The minimum Gasteiger partial charge on any atom is -0.480 e. The molecule has 0 aliphatic heterocycles. The normalized spacial score (nSPS) is 14.8. The molecule has 1 rings (SSSR count). The Hall–Kier alpha value is -1.27. The Labute approximate surface area is 78.2 Å². The van der Waals surface area contributed by atoms with E-state index < -0.39 is 17.9 Å². The summed E-state index contributed by atoms with van der Waals surface area (Å²) in [5.74, 6) is -2.05. The number of carboxylic acids is 1. The molecule has 1 aromatic heterocycles. The van der Waals surface area contributed by atoms with Crippen LogP contribution in [0.3, 0.4) is 0 Å². The van der Waals surface area contributed by atoms with Crippen LogP contribution >= 0.6 is 11.3 Å². The van der Waals surface area contributed by atoms with Crippen molar-refractivity contribution in [3.8, 4) is 0 Å². The van der Waals surface area contributed by atoms with E-state index in [0.29, 0.717) is 11.3 Å². The summed E-state index contributed by atoms with van der Waals surface area (Å²) in [5, 5.41) is 10.7. The lowest BCUT2D eigenvalue weighted by molar-refractivity contribution is -0.140. The Morgan fingerprint density at radius 1 is 1.77 bits per heavy atom. The number of nitrogens with two attached hydrogens (primary N) is 1. The van der Waals surface area contributed by atoms with E-state index in [4.69, 9.17) is 10.8 Å². The van der Waals surface area contributed by atoms with Crippen molar-refractivity contribution in [2.45, 2.75) is 12.0 Å². The van der Waals surface area contributed by atoms with Gasteiger partial charge < -0.3 is 15.6 Å². The quantitative estimate of drug-likeness (QED) is 0.658. The first-order chi connectivity index (χ1) is 6.16. The first kappa shape index (κ1) is 9.82. The summed E-state index contributed by atoms with van der Waals surface area (Å²) in [6.45, 7) is 0. The van der Waals surface area contributed by atoms with Crippen LogP contribution in [0.4, 0.5) is 0 Å². The maximum atomic E-state index is 10.6. The Morgan fingerprint density at radius 3 is 2.85 bits per heavy atom. The molecule has 2 atom stereocenters. The number of rotatable bonds is 4. The minimum atomic E-state index is -1.22. The van der Waals surface area contributed by atoms with E-state index in [9.17, 15) is 9.59 Å². The molecule has 1 heterocycles.